The zero-order chi connectivity index (χ0) is 17.0. The summed E-state index contributed by atoms with van der Waals surface area (Å²) in [7, 11) is -2.10. The summed E-state index contributed by atoms with van der Waals surface area (Å²) in [5.41, 5.74) is 0. The van der Waals surface area contributed by atoms with Gasteiger partial charge in [0.2, 0.25) is 15.9 Å². The highest BCUT2D eigenvalue weighted by Crippen LogP contribution is 2.29. The number of sulfonamides is 1. The highest BCUT2D eigenvalue weighted by atomic mass is 32.2. The van der Waals surface area contributed by atoms with E-state index in [1.807, 2.05) is 0 Å². The molecule has 2 rings (SSSR count). The minimum absolute atomic E-state index is 0.0970. The Kier molecular flexibility index (Phi) is 5.77. The number of carboxylic acid groups (broad SMARTS) is 1. The summed E-state index contributed by atoms with van der Waals surface area (Å²) in [6, 6.07) is 3.19. The lowest BCUT2D eigenvalue weighted by Crippen LogP contribution is -2.33. The van der Waals surface area contributed by atoms with Gasteiger partial charge in [0, 0.05) is 10.8 Å². The molecule has 1 amide bonds. The summed E-state index contributed by atoms with van der Waals surface area (Å²) in [6.45, 7) is 0.279. The van der Waals surface area contributed by atoms with Crippen molar-refractivity contribution in [3.8, 4) is 0 Å². The highest BCUT2D eigenvalue weighted by Gasteiger charge is 2.29. The van der Waals surface area contributed by atoms with Crippen LogP contribution in [0.1, 0.15) is 30.6 Å². The SMILES string of the molecule is CNS(=O)(=O)c1ccc(CNC(=O)C2CCC(C(=O)O)CC2)s1. The number of aliphatic carboxylic acids is 1. The third-order valence-corrected chi connectivity index (χ3v) is 7.05. The molecule has 3 N–H and O–H groups in total. The highest BCUT2D eigenvalue weighted by molar-refractivity contribution is 7.91. The normalized spacial score (nSPS) is 21.8. The van der Waals surface area contributed by atoms with E-state index < -0.39 is 16.0 Å². The summed E-state index contributed by atoms with van der Waals surface area (Å²) < 4.78 is 25.8. The number of carboxylic acids is 1. The van der Waals surface area contributed by atoms with Gasteiger partial charge in [0.15, 0.2) is 0 Å². The van der Waals surface area contributed by atoms with Gasteiger partial charge >= 0.3 is 5.97 Å². The zero-order valence-corrected chi connectivity index (χ0v) is 14.4. The van der Waals surface area contributed by atoms with Crippen LogP contribution in [0.4, 0.5) is 0 Å². The van der Waals surface area contributed by atoms with Gasteiger partial charge in [0.25, 0.3) is 0 Å². The minimum Gasteiger partial charge on any atom is -0.481 e. The Bertz CT molecular complexity index is 675. The molecule has 23 heavy (non-hydrogen) atoms. The van der Waals surface area contributed by atoms with Crippen molar-refractivity contribution in [2.45, 2.75) is 36.4 Å². The first kappa shape index (κ1) is 17.9. The van der Waals surface area contributed by atoms with E-state index in [-0.39, 0.29) is 28.5 Å². The van der Waals surface area contributed by atoms with Gasteiger partial charge in [-0.1, -0.05) is 0 Å². The molecule has 1 aliphatic rings. The number of thiophene rings is 1. The maximum Gasteiger partial charge on any atom is 0.306 e. The maximum atomic E-state index is 12.1. The van der Waals surface area contributed by atoms with Crippen molar-refractivity contribution in [3.63, 3.8) is 0 Å². The van der Waals surface area contributed by atoms with Crippen LogP contribution >= 0.6 is 11.3 Å². The van der Waals surface area contributed by atoms with Gasteiger partial charge in [0.1, 0.15) is 4.21 Å². The molecule has 0 radical (unpaired) electrons. The molecule has 0 aromatic carbocycles. The molecule has 1 saturated carbocycles. The van der Waals surface area contributed by atoms with Crippen molar-refractivity contribution in [2.24, 2.45) is 11.8 Å². The van der Waals surface area contributed by atoms with Crippen LogP contribution in [-0.4, -0.2) is 32.4 Å². The van der Waals surface area contributed by atoms with Gasteiger partial charge in [-0.25, -0.2) is 13.1 Å². The molecule has 0 saturated heterocycles. The Morgan fingerprint density at radius 1 is 1.22 bits per heavy atom. The Morgan fingerprint density at radius 3 is 2.39 bits per heavy atom. The number of nitrogens with one attached hydrogen (secondary N) is 2. The number of carbonyl (C=O) groups excluding carboxylic acids is 1. The predicted octanol–water partition coefficient (Wildman–Crippen LogP) is 1.16. The Hall–Kier alpha value is -1.45. The average molecular weight is 360 g/mol. The standard InChI is InChI=1S/C14H20N2O5S2/c1-15-23(20,21)12-7-6-11(22-12)8-16-13(17)9-2-4-10(5-3-9)14(18)19/h6-7,9-10,15H,2-5,8H2,1H3,(H,16,17)(H,18,19). The summed E-state index contributed by atoms with van der Waals surface area (Å²) >= 11 is 1.11. The molecule has 1 aromatic heterocycles. The molecule has 1 heterocycles. The lowest BCUT2D eigenvalue weighted by atomic mass is 9.81. The Labute approximate surface area is 139 Å². The van der Waals surface area contributed by atoms with Gasteiger partial charge in [0.05, 0.1) is 12.5 Å². The van der Waals surface area contributed by atoms with E-state index in [4.69, 9.17) is 5.11 Å². The van der Waals surface area contributed by atoms with Gasteiger partial charge in [-0.2, -0.15) is 0 Å². The first-order valence-corrected chi connectivity index (χ1v) is 9.66. The van der Waals surface area contributed by atoms with E-state index in [1.54, 1.807) is 6.07 Å². The van der Waals surface area contributed by atoms with Gasteiger partial charge in [-0.05, 0) is 44.9 Å². The van der Waals surface area contributed by atoms with Crippen LogP contribution in [-0.2, 0) is 26.2 Å². The second-order valence-corrected chi connectivity index (χ2v) is 8.81. The van der Waals surface area contributed by atoms with Crippen LogP contribution < -0.4 is 10.0 Å². The van der Waals surface area contributed by atoms with E-state index in [1.165, 1.54) is 13.1 Å². The summed E-state index contributed by atoms with van der Waals surface area (Å²) in [5.74, 6) is -1.39. The van der Waals surface area contributed by atoms with E-state index in [9.17, 15) is 18.0 Å². The molecular formula is C14H20N2O5S2. The van der Waals surface area contributed by atoms with Crippen molar-refractivity contribution >= 4 is 33.2 Å². The number of hydrogen-bond donors (Lipinski definition) is 3. The molecule has 1 aliphatic carbocycles. The Balaban J connectivity index is 1.85. The number of amides is 1. The van der Waals surface area contributed by atoms with Crippen molar-refractivity contribution < 1.29 is 23.1 Å². The molecule has 9 heteroatoms. The van der Waals surface area contributed by atoms with Crippen LogP contribution in [0.2, 0.25) is 0 Å². The number of rotatable bonds is 6. The zero-order valence-electron chi connectivity index (χ0n) is 12.7. The van der Waals surface area contributed by atoms with Crippen LogP contribution in [0.15, 0.2) is 16.3 Å². The van der Waals surface area contributed by atoms with Crippen LogP contribution in [0, 0.1) is 11.8 Å². The fourth-order valence-corrected chi connectivity index (χ4v) is 4.75. The molecule has 7 nitrogen and oxygen atoms in total. The van der Waals surface area contributed by atoms with Crippen molar-refractivity contribution in [3.05, 3.63) is 17.0 Å². The smallest absolute Gasteiger partial charge is 0.306 e. The van der Waals surface area contributed by atoms with Crippen LogP contribution in [0.3, 0.4) is 0 Å². The molecule has 0 bridgehead atoms. The third-order valence-electron chi connectivity index (χ3n) is 4.05. The Morgan fingerprint density at radius 2 is 1.83 bits per heavy atom. The molecule has 1 fully saturated rings. The fourth-order valence-electron chi connectivity index (χ4n) is 2.62. The van der Waals surface area contributed by atoms with E-state index in [0.717, 1.165) is 16.2 Å². The first-order chi connectivity index (χ1) is 10.8. The minimum atomic E-state index is -3.45. The topological polar surface area (TPSA) is 113 Å². The monoisotopic (exact) mass is 360 g/mol. The quantitative estimate of drug-likeness (QED) is 0.705. The molecule has 0 unspecified atom stereocenters. The van der Waals surface area contributed by atoms with Gasteiger partial charge in [-0.15, -0.1) is 11.3 Å². The first-order valence-electron chi connectivity index (χ1n) is 7.36. The van der Waals surface area contributed by atoms with Crippen molar-refractivity contribution in [1.29, 1.82) is 0 Å². The van der Waals surface area contributed by atoms with Crippen LogP contribution in [0.5, 0.6) is 0 Å². The average Bonchev–Trinajstić information content (AvgIpc) is 3.02. The maximum absolute atomic E-state index is 12.1. The third kappa shape index (κ3) is 4.52. The number of carbonyl (C=O) groups is 2. The van der Waals surface area contributed by atoms with Gasteiger partial charge in [-0.3, -0.25) is 9.59 Å². The lowest BCUT2D eigenvalue weighted by molar-refractivity contribution is -0.144. The van der Waals surface area contributed by atoms with E-state index in [0.29, 0.717) is 25.7 Å². The van der Waals surface area contributed by atoms with Crippen LogP contribution in [0.25, 0.3) is 0 Å². The summed E-state index contributed by atoms with van der Waals surface area (Å²) in [5, 5.41) is 11.8. The van der Waals surface area contributed by atoms with Gasteiger partial charge < -0.3 is 10.4 Å². The molecule has 1 aromatic rings. The van der Waals surface area contributed by atoms with E-state index in [2.05, 4.69) is 10.0 Å². The largest absolute Gasteiger partial charge is 0.481 e. The second kappa shape index (κ2) is 7.41. The fraction of sp³-hybridized carbons (Fsp3) is 0.571. The predicted molar refractivity (Wildman–Crippen MR) is 85.5 cm³/mol. The molecule has 0 spiro atoms. The summed E-state index contributed by atoms with van der Waals surface area (Å²) in [4.78, 5) is 23.8. The molecular weight excluding hydrogens is 340 g/mol. The second-order valence-electron chi connectivity index (χ2n) is 5.53. The number of hydrogen-bond acceptors (Lipinski definition) is 5. The summed E-state index contributed by atoms with van der Waals surface area (Å²) in [6.07, 6.45) is 2.20. The molecule has 0 aliphatic heterocycles. The van der Waals surface area contributed by atoms with E-state index >= 15 is 0 Å². The lowest BCUT2D eigenvalue weighted by Gasteiger charge is -2.25. The van der Waals surface area contributed by atoms with Crippen molar-refractivity contribution in [2.75, 3.05) is 7.05 Å². The van der Waals surface area contributed by atoms with Crippen molar-refractivity contribution in [1.82, 2.24) is 10.0 Å². The molecule has 0 atom stereocenters. The molecule has 128 valence electrons.